The van der Waals surface area contributed by atoms with Crippen LogP contribution in [0.4, 0.5) is 5.69 Å². The van der Waals surface area contributed by atoms with E-state index in [1.807, 2.05) is 81.5 Å². The average Bonchev–Trinajstić information content (AvgIpc) is 3.19. The SMILES string of the molecule is CCC[C@@H]1C=C[C@H]2[C@H](C(=O)N([C@H](CO)c3ccccc3)[C@@H]2C(=O)Nc2cc(C)ccc2C)[C@@H]1C(=O)OCC. The van der Waals surface area contributed by atoms with Crippen molar-refractivity contribution in [2.75, 3.05) is 18.5 Å². The molecule has 38 heavy (non-hydrogen) atoms. The van der Waals surface area contributed by atoms with Crippen molar-refractivity contribution in [2.24, 2.45) is 23.7 Å². The summed E-state index contributed by atoms with van der Waals surface area (Å²) in [6.07, 6.45) is 5.50. The Kier molecular flexibility index (Phi) is 8.67. The number of nitrogens with one attached hydrogen (secondary N) is 1. The molecule has 202 valence electrons. The third kappa shape index (κ3) is 5.25. The molecule has 1 heterocycles. The summed E-state index contributed by atoms with van der Waals surface area (Å²) in [4.78, 5) is 43.0. The molecular weight excluding hydrogens is 480 g/mol. The highest BCUT2D eigenvalue weighted by molar-refractivity contribution is 6.02. The number of ether oxygens (including phenoxy) is 1. The van der Waals surface area contributed by atoms with Gasteiger partial charge in [-0.3, -0.25) is 14.4 Å². The molecule has 2 aliphatic rings. The number of allylic oxidation sites excluding steroid dienone is 1. The molecule has 0 spiro atoms. The van der Waals surface area contributed by atoms with E-state index in [2.05, 4.69) is 5.32 Å². The first kappa shape index (κ1) is 27.6. The van der Waals surface area contributed by atoms with Gasteiger partial charge < -0.3 is 20.1 Å². The van der Waals surface area contributed by atoms with E-state index in [0.717, 1.165) is 29.5 Å². The maximum atomic E-state index is 14.3. The third-order valence-corrected chi connectivity index (χ3v) is 7.84. The number of hydrogen-bond donors (Lipinski definition) is 2. The quantitative estimate of drug-likeness (QED) is 0.374. The van der Waals surface area contributed by atoms with Gasteiger partial charge in [0.1, 0.15) is 6.04 Å². The standard InChI is InChI=1S/C31H38N2O5/c1-5-10-22-15-16-23-27(26(22)31(37)38-6-2)30(36)33(25(18-34)21-11-8-7-9-12-21)28(23)29(35)32-24-17-19(3)13-14-20(24)4/h7-9,11-17,22-23,25-28,34H,5-6,10,18H2,1-4H3,(H,32,35)/t22-,23+,25-,26-,27+,28+/m1/s1. The maximum Gasteiger partial charge on any atom is 0.310 e. The molecule has 2 aromatic rings. The summed E-state index contributed by atoms with van der Waals surface area (Å²) in [7, 11) is 0. The van der Waals surface area contributed by atoms with Crippen molar-refractivity contribution in [3.05, 3.63) is 77.4 Å². The van der Waals surface area contributed by atoms with Gasteiger partial charge in [0.05, 0.1) is 31.1 Å². The Morgan fingerprint density at radius 1 is 1.08 bits per heavy atom. The monoisotopic (exact) mass is 518 g/mol. The number of rotatable bonds is 9. The number of aliphatic hydroxyl groups excluding tert-OH is 1. The van der Waals surface area contributed by atoms with Crippen LogP contribution in [-0.2, 0) is 19.1 Å². The van der Waals surface area contributed by atoms with Gasteiger partial charge in [0.25, 0.3) is 0 Å². The second-order valence-electron chi connectivity index (χ2n) is 10.3. The van der Waals surface area contributed by atoms with Crippen LogP contribution in [0.1, 0.15) is 49.4 Å². The minimum absolute atomic E-state index is 0.156. The lowest BCUT2D eigenvalue weighted by Gasteiger charge is -2.34. The van der Waals surface area contributed by atoms with Crippen LogP contribution in [0.2, 0.25) is 0 Å². The number of amides is 2. The fourth-order valence-electron chi connectivity index (χ4n) is 6.05. The Hall–Kier alpha value is -3.45. The van der Waals surface area contributed by atoms with Gasteiger partial charge in [-0.25, -0.2) is 0 Å². The number of carbonyl (C=O) groups is 3. The second-order valence-corrected chi connectivity index (χ2v) is 10.3. The number of carbonyl (C=O) groups excluding carboxylic acids is 3. The molecule has 0 saturated carbocycles. The van der Waals surface area contributed by atoms with Crippen molar-refractivity contribution >= 4 is 23.5 Å². The Morgan fingerprint density at radius 3 is 2.47 bits per heavy atom. The summed E-state index contributed by atoms with van der Waals surface area (Å²) in [5.74, 6) is -3.17. The van der Waals surface area contributed by atoms with E-state index in [1.165, 1.54) is 4.90 Å². The molecular formula is C31H38N2O5. The molecule has 1 fully saturated rings. The molecule has 2 N–H and O–H groups in total. The molecule has 7 nitrogen and oxygen atoms in total. The van der Waals surface area contributed by atoms with Crippen LogP contribution < -0.4 is 5.32 Å². The van der Waals surface area contributed by atoms with Gasteiger partial charge in [0, 0.05) is 11.6 Å². The zero-order chi connectivity index (χ0) is 27.4. The van der Waals surface area contributed by atoms with E-state index >= 15 is 0 Å². The van der Waals surface area contributed by atoms with Crippen LogP contribution in [0.25, 0.3) is 0 Å². The number of nitrogens with zero attached hydrogens (tertiary/aromatic N) is 1. The smallest absolute Gasteiger partial charge is 0.310 e. The Morgan fingerprint density at radius 2 is 1.82 bits per heavy atom. The van der Waals surface area contributed by atoms with Gasteiger partial charge in [-0.1, -0.05) is 68.0 Å². The maximum absolute atomic E-state index is 14.3. The average molecular weight is 519 g/mol. The molecule has 1 aliphatic carbocycles. The number of aryl methyl sites for hydroxylation is 2. The first-order valence-corrected chi connectivity index (χ1v) is 13.5. The van der Waals surface area contributed by atoms with Crippen LogP contribution >= 0.6 is 0 Å². The van der Waals surface area contributed by atoms with Gasteiger partial charge in [0.2, 0.25) is 11.8 Å². The van der Waals surface area contributed by atoms with Crippen molar-refractivity contribution in [2.45, 2.75) is 52.6 Å². The lowest BCUT2D eigenvalue weighted by Crippen LogP contribution is -2.47. The lowest BCUT2D eigenvalue weighted by molar-refractivity contribution is -0.156. The zero-order valence-electron chi connectivity index (χ0n) is 22.6. The van der Waals surface area contributed by atoms with Gasteiger partial charge >= 0.3 is 5.97 Å². The van der Waals surface area contributed by atoms with E-state index in [-0.39, 0.29) is 30.9 Å². The summed E-state index contributed by atoms with van der Waals surface area (Å²) in [5.41, 5.74) is 3.32. The largest absolute Gasteiger partial charge is 0.466 e. The first-order chi connectivity index (χ1) is 18.3. The summed E-state index contributed by atoms with van der Waals surface area (Å²) >= 11 is 0. The van der Waals surface area contributed by atoms with Crippen LogP contribution in [0, 0.1) is 37.5 Å². The molecule has 0 unspecified atom stereocenters. The molecule has 0 aromatic heterocycles. The number of aliphatic hydroxyl groups is 1. The molecule has 4 rings (SSSR count). The minimum Gasteiger partial charge on any atom is -0.466 e. The molecule has 6 atom stereocenters. The van der Waals surface area contributed by atoms with Gasteiger partial charge in [-0.2, -0.15) is 0 Å². The van der Waals surface area contributed by atoms with Crippen LogP contribution in [0.15, 0.2) is 60.7 Å². The van der Waals surface area contributed by atoms with Crippen LogP contribution in [0.3, 0.4) is 0 Å². The highest BCUT2D eigenvalue weighted by atomic mass is 16.5. The number of fused-ring (bicyclic) bond motifs is 1. The number of hydrogen-bond acceptors (Lipinski definition) is 5. The van der Waals surface area contributed by atoms with E-state index < -0.39 is 35.8 Å². The highest BCUT2D eigenvalue weighted by Crippen LogP contribution is 2.48. The fraction of sp³-hybridized carbons (Fsp3) is 0.452. The van der Waals surface area contributed by atoms with Crippen molar-refractivity contribution in [3.63, 3.8) is 0 Å². The van der Waals surface area contributed by atoms with E-state index in [0.29, 0.717) is 5.69 Å². The molecule has 0 radical (unpaired) electrons. The van der Waals surface area contributed by atoms with Crippen LogP contribution in [-0.4, -0.2) is 47.0 Å². The normalized spacial score (nSPS) is 25.1. The Balaban J connectivity index is 1.81. The van der Waals surface area contributed by atoms with Gasteiger partial charge in [-0.05, 0) is 55.9 Å². The minimum atomic E-state index is -0.902. The second kappa shape index (κ2) is 11.9. The molecule has 2 aromatic carbocycles. The van der Waals surface area contributed by atoms with Crippen molar-refractivity contribution < 1.29 is 24.2 Å². The summed E-state index contributed by atoms with van der Waals surface area (Å²) in [6, 6.07) is 13.4. The topological polar surface area (TPSA) is 95.9 Å². The van der Waals surface area contributed by atoms with Gasteiger partial charge in [-0.15, -0.1) is 0 Å². The number of benzene rings is 2. The van der Waals surface area contributed by atoms with Gasteiger partial charge in [0.15, 0.2) is 0 Å². The molecule has 2 amide bonds. The Bertz CT molecular complexity index is 1190. The van der Waals surface area contributed by atoms with E-state index in [1.54, 1.807) is 6.92 Å². The fourth-order valence-corrected chi connectivity index (χ4v) is 6.05. The summed E-state index contributed by atoms with van der Waals surface area (Å²) in [5, 5.41) is 13.6. The first-order valence-electron chi connectivity index (χ1n) is 13.5. The number of esters is 1. The van der Waals surface area contributed by atoms with E-state index in [9.17, 15) is 19.5 Å². The van der Waals surface area contributed by atoms with Crippen molar-refractivity contribution in [3.8, 4) is 0 Å². The lowest BCUT2D eigenvalue weighted by atomic mass is 9.69. The number of likely N-dealkylation sites (tertiary alicyclic amines) is 1. The molecule has 0 bridgehead atoms. The zero-order valence-corrected chi connectivity index (χ0v) is 22.6. The van der Waals surface area contributed by atoms with Crippen molar-refractivity contribution in [1.82, 2.24) is 4.90 Å². The number of anilines is 1. The summed E-state index contributed by atoms with van der Waals surface area (Å²) < 4.78 is 5.45. The molecule has 1 saturated heterocycles. The van der Waals surface area contributed by atoms with Crippen molar-refractivity contribution in [1.29, 1.82) is 0 Å². The molecule has 7 heteroatoms. The predicted molar refractivity (Wildman–Crippen MR) is 146 cm³/mol. The molecule has 1 aliphatic heterocycles. The van der Waals surface area contributed by atoms with E-state index in [4.69, 9.17) is 4.74 Å². The summed E-state index contributed by atoms with van der Waals surface area (Å²) in [6.45, 7) is 7.53. The highest BCUT2D eigenvalue weighted by Gasteiger charge is 2.59. The van der Waals surface area contributed by atoms with Crippen LogP contribution in [0.5, 0.6) is 0 Å². The predicted octanol–water partition coefficient (Wildman–Crippen LogP) is 4.58. The Labute approximate surface area is 224 Å². The third-order valence-electron chi connectivity index (χ3n) is 7.84.